The maximum atomic E-state index is 4.44. The second-order valence-electron chi connectivity index (χ2n) is 5.28. The molecule has 0 spiro atoms. The number of imidazole rings is 1. The fraction of sp³-hybridized carbons (Fsp3) is 0.533. The lowest BCUT2D eigenvalue weighted by Gasteiger charge is -2.04. The Kier molecular flexibility index (Phi) is 5.16. The molecule has 0 atom stereocenters. The van der Waals surface area contributed by atoms with E-state index in [4.69, 9.17) is 0 Å². The summed E-state index contributed by atoms with van der Waals surface area (Å²) in [6.07, 6.45) is 5.19. The number of hydrogen-bond acceptors (Lipinski definition) is 3. The zero-order valence-electron chi connectivity index (χ0n) is 12.0. The van der Waals surface area contributed by atoms with E-state index in [0.717, 1.165) is 31.7 Å². The van der Waals surface area contributed by atoms with Crippen molar-refractivity contribution in [2.45, 2.75) is 40.3 Å². The van der Waals surface area contributed by atoms with Crippen molar-refractivity contribution in [3.8, 4) is 0 Å². The molecule has 4 heteroatoms. The first-order chi connectivity index (χ1) is 9.17. The third kappa shape index (κ3) is 4.48. The van der Waals surface area contributed by atoms with Crippen LogP contribution in [-0.2, 0) is 19.5 Å². The molecule has 104 valence electrons. The minimum atomic E-state index is 0.681. The van der Waals surface area contributed by atoms with Gasteiger partial charge in [0.15, 0.2) is 0 Å². The van der Waals surface area contributed by atoms with Crippen LogP contribution in [-0.4, -0.2) is 16.1 Å². The van der Waals surface area contributed by atoms with E-state index in [2.05, 4.69) is 54.0 Å². The topological polar surface area (TPSA) is 29.9 Å². The van der Waals surface area contributed by atoms with E-state index in [1.807, 2.05) is 17.7 Å². The molecule has 1 N–H and O–H groups in total. The SMILES string of the molecule is CCc1ccc(Cn2cnc(CNCC(C)C)c2)s1. The van der Waals surface area contributed by atoms with Gasteiger partial charge in [0.25, 0.3) is 0 Å². The van der Waals surface area contributed by atoms with Crippen LogP contribution in [0.2, 0.25) is 0 Å². The summed E-state index contributed by atoms with van der Waals surface area (Å²) in [4.78, 5) is 7.29. The highest BCUT2D eigenvalue weighted by Crippen LogP contribution is 2.18. The molecular weight excluding hydrogens is 254 g/mol. The molecule has 0 aliphatic heterocycles. The molecule has 0 aliphatic carbocycles. The van der Waals surface area contributed by atoms with Crippen molar-refractivity contribution in [2.75, 3.05) is 6.54 Å². The minimum Gasteiger partial charge on any atom is -0.332 e. The second kappa shape index (κ2) is 6.87. The molecular formula is C15H23N3S. The first kappa shape index (κ1) is 14.3. The summed E-state index contributed by atoms with van der Waals surface area (Å²) in [6.45, 7) is 9.46. The summed E-state index contributed by atoms with van der Waals surface area (Å²) < 4.78 is 2.16. The largest absolute Gasteiger partial charge is 0.332 e. The van der Waals surface area contributed by atoms with Gasteiger partial charge in [0.05, 0.1) is 18.6 Å². The normalized spacial score (nSPS) is 11.4. The van der Waals surface area contributed by atoms with Gasteiger partial charge in [0, 0.05) is 22.5 Å². The molecule has 0 bridgehead atoms. The van der Waals surface area contributed by atoms with Crippen LogP contribution in [0.1, 0.15) is 36.2 Å². The fourth-order valence-corrected chi connectivity index (χ4v) is 2.92. The smallest absolute Gasteiger partial charge is 0.0953 e. The molecule has 0 saturated heterocycles. The van der Waals surface area contributed by atoms with Gasteiger partial charge in [-0.15, -0.1) is 11.3 Å². The summed E-state index contributed by atoms with van der Waals surface area (Å²) in [6, 6.07) is 4.45. The van der Waals surface area contributed by atoms with E-state index in [0.29, 0.717) is 5.92 Å². The van der Waals surface area contributed by atoms with Crippen LogP contribution in [0.3, 0.4) is 0 Å². The molecule has 2 rings (SSSR count). The van der Waals surface area contributed by atoms with Gasteiger partial charge in [-0.25, -0.2) is 4.98 Å². The Balaban J connectivity index is 1.86. The molecule has 0 unspecified atom stereocenters. The van der Waals surface area contributed by atoms with Crippen molar-refractivity contribution in [2.24, 2.45) is 5.92 Å². The van der Waals surface area contributed by atoms with E-state index < -0.39 is 0 Å². The molecule has 0 aliphatic rings. The molecule has 0 amide bonds. The number of nitrogens with zero attached hydrogens (tertiary/aromatic N) is 2. The van der Waals surface area contributed by atoms with Crippen LogP contribution in [0.4, 0.5) is 0 Å². The average Bonchev–Trinajstić information content (AvgIpc) is 2.99. The number of aromatic nitrogens is 2. The third-order valence-electron chi connectivity index (χ3n) is 2.95. The minimum absolute atomic E-state index is 0.681. The van der Waals surface area contributed by atoms with Gasteiger partial charge in [-0.2, -0.15) is 0 Å². The van der Waals surface area contributed by atoms with Gasteiger partial charge in [0.2, 0.25) is 0 Å². The molecule has 0 fully saturated rings. The van der Waals surface area contributed by atoms with Crippen molar-refractivity contribution < 1.29 is 0 Å². The van der Waals surface area contributed by atoms with E-state index in [1.54, 1.807) is 0 Å². The van der Waals surface area contributed by atoms with Crippen molar-refractivity contribution in [3.05, 3.63) is 40.1 Å². The van der Waals surface area contributed by atoms with Crippen LogP contribution in [0.5, 0.6) is 0 Å². The van der Waals surface area contributed by atoms with Crippen molar-refractivity contribution >= 4 is 11.3 Å². The summed E-state index contributed by atoms with van der Waals surface area (Å²) in [5, 5.41) is 3.42. The fourth-order valence-electron chi connectivity index (χ4n) is 1.95. The quantitative estimate of drug-likeness (QED) is 0.841. The number of thiophene rings is 1. The number of aryl methyl sites for hydroxylation is 1. The standard InChI is InChI=1S/C15H23N3S/c1-4-14-5-6-15(19-14)10-18-9-13(17-11-18)8-16-7-12(2)3/h5-6,9,11-12,16H,4,7-8,10H2,1-3H3. The summed E-state index contributed by atoms with van der Waals surface area (Å²) in [5.74, 6) is 0.681. The molecule has 2 aromatic rings. The summed E-state index contributed by atoms with van der Waals surface area (Å²) >= 11 is 1.89. The molecule has 3 nitrogen and oxygen atoms in total. The monoisotopic (exact) mass is 277 g/mol. The molecule has 0 radical (unpaired) electrons. The molecule has 2 heterocycles. The Hall–Kier alpha value is -1.13. The lowest BCUT2D eigenvalue weighted by Crippen LogP contribution is -2.19. The third-order valence-corrected chi connectivity index (χ3v) is 4.16. The van der Waals surface area contributed by atoms with Gasteiger partial charge in [-0.1, -0.05) is 20.8 Å². The van der Waals surface area contributed by atoms with Gasteiger partial charge in [0.1, 0.15) is 0 Å². The number of hydrogen-bond donors (Lipinski definition) is 1. The summed E-state index contributed by atoms with van der Waals surface area (Å²) in [7, 11) is 0. The van der Waals surface area contributed by atoms with Gasteiger partial charge in [-0.3, -0.25) is 0 Å². The molecule has 0 saturated carbocycles. The Morgan fingerprint density at radius 2 is 2.11 bits per heavy atom. The van der Waals surface area contributed by atoms with E-state index in [9.17, 15) is 0 Å². The first-order valence-electron chi connectivity index (χ1n) is 6.96. The Morgan fingerprint density at radius 1 is 1.32 bits per heavy atom. The van der Waals surface area contributed by atoms with Gasteiger partial charge >= 0.3 is 0 Å². The highest BCUT2D eigenvalue weighted by molar-refractivity contribution is 7.11. The highest BCUT2D eigenvalue weighted by atomic mass is 32.1. The van der Waals surface area contributed by atoms with Gasteiger partial charge < -0.3 is 9.88 Å². The summed E-state index contributed by atoms with van der Waals surface area (Å²) in [5.41, 5.74) is 1.12. The predicted octanol–water partition coefficient (Wildman–Crippen LogP) is 3.30. The van der Waals surface area contributed by atoms with Crippen LogP contribution in [0, 0.1) is 5.92 Å². The Labute approximate surface area is 119 Å². The zero-order chi connectivity index (χ0) is 13.7. The lowest BCUT2D eigenvalue weighted by atomic mass is 10.2. The number of rotatable bonds is 7. The second-order valence-corrected chi connectivity index (χ2v) is 6.54. The molecule has 19 heavy (non-hydrogen) atoms. The average molecular weight is 277 g/mol. The highest BCUT2D eigenvalue weighted by Gasteiger charge is 2.02. The van der Waals surface area contributed by atoms with Crippen LogP contribution in [0.15, 0.2) is 24.7 Å². The lowest BCUT2D eigenvalue weighted by molar-refractivity contribution is 0.548. The van der Waals surface area contributed by atoms with Crippen molar-refractivity contribution in [1.29, 1.82) is 0 Å². The maximum absolute atomic E-state index is 4.44. The van der Waals surface area contributed by atoms with Gasteiger partial charge in [-0.05, 0) is 31.0 Å². The van der Waals surface area contributed by atoms with Crippen molar-refractivity contribution in [1.82, 2.24) is 14.9 Å². The van der Waals surface area contributed by atoms with Crippen LogP contribution in [0.25, 0.3) is 0 Å². The van der Waals surface area contributed by atoms with Crippen LogP contribution < -0.4 is 5.32 Å². The zero-order valence-corrected chi connectivity index (χ0v) is 12.8. The van der Waals surface area contributed by atoms with Crippen molar-refractivity contribution in [3.63, 3.8) is 0 Å². The molecule has 2 aromatic heterocycles. The predicted molar refractivity (Wildman–Crippen MR) is 81.6 cm³/mol. The van der Waals surface area contributed by atoms with E-state index in [-0.39, 0.29) is 0 Å². The first-order valence-corrected chi connectivity index (χ1v) is 7.78. The number of nitrogens with one attached hydrogen (secondary N) is 1. The van der Waals surface area contributed by atoms with E-state index in [1.165, 1.54) is 9.75 Å². The van der Waals surface area contributed by atoms with E-state index >= 15 is 0 Å². The Morgan fingerprint density at radius 3 is 2.79 bits per heavy atom. The Bertz CT molecular complexity index is 499. The maximum Gasteiger partial charge on any atom is 0.0953 e. The van der Waals surface area contributed by atoms with Crippen LogP contribution >= 0.6 is 11.3 Å². The molecule has 0 aromatic carbocycles.